The van der Waals surface area contributed by atoms with Gasteiger partial charge < -0.3 is 14.7 Å². The number of cyclic esters (lactones) is 1. The minimum absolute atomic E-state index is 0.160. The van der Waals surface area contributed by atoms with E-state index in [0.29, 0.717) is 6.54 Å². The first-order chi connectivity index (χ1) is 12.7. The number of carbonyl (C=O) groups excluding carboxylic acids is 2. The van der Waals surface area contributed by atoms with Crippen molar-refractivity contribution in [1.29, 1.82) is 0 Å². The number of ether oxygens (including phenoxy) is 1. The lowest BCUT2D eigenvalue weighted by molar-refractivity contribution is -0.162. The summed E-state index contributed by atoms with van der Waals surface area (Å²) in [6.45, 7) is 0.429. The van der Waals surface area contributed by atoms with Crippen molar-refractivity contribution in [2.24, 2.45) is 0 Å². The molecule has 3 atom stereocenters. The number of amides is 2. The number of aliphatic hydroxyl groups is 1. The van der Waals surface area contributed by atoms with E-state index in [4.69, 9.17) is 4.74 Å². The van der Waals surface area contributed by atoms with Gasteiger partial charge in [0.25, 0.3) is 0 Å². The topological polar surface area (TPSA) is 70.1 Å². The fourth-order valence-corrected chi connectivity index (χ4v) is 3.74. The van der Waals surface area contributed by atoms with Crippen LogP contribution in [-0.4, -0.2) is 52.2 Å². The van der Waals surface area contributed by atoms with Crippen LogP contribution in [0, 0.1) is 0 Å². The van der Waals surface area contributed by atoms with Gasteiger partial charge in [-0.25, -0.2) is 4.79 Å². The Balaban J connectivity index is 1.56. The molecule has 2 aliphatic rings. The van der Waals surface area contributed by atoms with Crippen LogP contribution >= 0.6 is 0 Å². The summed E-state index contributed by atoms with van der Waals surface area (Å²) >= 11 is 0. The summed E-state index contributed by atoms with van der Waals surface area (Å²) in [6.07, 6.45) is -0.505. The number of rotatable bonds is 5. The second-order valence-corrected chi connectivity index (χ2v) is 6.56. The average molecular weight is 352 g/mol. The zero-order valence-corrected chi connectivity index (χ0v) is 14.2. The van der Waals surface area contributed by atoms with Crippen molar-refractivity contribution < 1.29 is 19.4 Å². The Hall–Kier alpha value is -2.86. The third-order valence-electron chi connectivity index (χ3n) is 5.08. The highest BCUT2D eigenvalue weighted by Crippen LogP contribution is 2.37. The first-order valence-corrected chi connectivity index (χ1v) is 8.66. The van der Waals surface area contributed by atoms with Crippen LogP contribution in [-0.2, 0) is 16.1 Å². The minimum Gasteiger partial charge on any atom is -0.447 e. The van der Waals surface area contributed by atoms with Crippen LogP contribution in [0.3, 0.4) is 0 Å². The standard InChI is InChI=1S/C20H20N2O4/c23-12-16-18(19(24)21(16)11-14-7-3-1-4-8-14)22-17(13-26-20(22)25)15-9-5-2-6-10-15/h1-10,16-18,23H,11-13H2/t16-,17-,18+/m1/s1. The van der Waals surface area contributed by atoms with Gasteiger partial charge in [0.2, 0.25) is 5.91 Å². The van der Waals surface area contributed by atoms with Gasteiger partial charge in [-0.05, 0) is 11.1 Å². The van der Waals surface area contributed by atoms with Crippen molar-refractivity contribution in [3.05, 3.63) is 71.8 Å². The molecule has 2 aromatic rings. The Bertz CT molecular complexity index is 796. The third-order valence-corrected chi connectivity index (χ3v) is 5.08. The van der Waals surface area contributed by atoms with Gasteiger partial charge in [0.05, 0.1) is 18.7 Å². The van der Waals surface area contributed by atoms with E-state index in [9.17, 15) is 14.7 Å². The highest BCUT2D eigenvalue weighted by Gasteiger charge is 2.55. The number of nitrogens with zero attached hydrogens (tertiary/aromatic N) is 2. The molecule has 1 N–H and O–H groups in total. The van der Waals surface area contributed by atoms with Crippen LogP contribution in [0.15, 0.2) is 60.7 Å². The maximum Gasteiger partial charge on any atom is 0.411 e. The summed E-state index contributed by atoms with van der Waals surface area (Å²) in [5.74, 6) is -0.160. The number of hydrogen-bond donors (Lipinski definition) is 1. The highest BCUT2D eigenvalue weighted by atomic mass is 16.6. The molecule has 0 aromatic heterocycles. The SMILES string of the molecule is O=C1[C@@H](N2C(=O)OC[C@@H]2c2ccccc2)[C@@H](CO)N1Cc1ccccc1. The van der Waals surface area contributed by atoms with Gasteiger partial charge in [-0.3, -0.25) is 9.69 Å². The van der Waals surface area contributed by atoms with Crippen LogP contribution in [0.1, 0.15) is 17.2 Å². The van der Waals surface area contributed by atoms with Crippen LogP contribution in [0.4, 0.5) is 4.79 Å². The fourth-order valence-electron chi connectivity index (χ4n) is 3.74. The molecule has 134 valence electrons. The zero-order valence-electron chi connectivity index (χ0n) is 14.2. The van der Waals surface area contributed by atoms with E-state index in [1.807, 2.05) is 60.7 Å². The van der Waals surface area contributed by atoms with Gasteiger partial charge in [0.1, 0.15) is 12.6 Å². The molecule has 0 unspecified atom stereocenters. The predicted octanol–water partition coefficient (Wildman–Crippen LogP) is 1.95. The van der Waals surface area contributed by atoms with Gasteiger partial charge in [0, 0.05) is 6.54 Å². The van der Waals surface area contributed by atoms with E-state index < -0.39 is 18.2 Å². The summed E-state index contributed by atoms with van der Waals surface area (Å²) in [5.41, 5.74) is 1.91. The summed E-state index contributed by atoms with van der Waals surface area (Å²) in [7, 11) is 0. The van der Waals surface area contributed by atoms with E-state index in [1.165, 1.54) is 4.90 Å². The van der Waals surface area contributed by atoms with E-state index in [2.05, 4.69) is 0 Å². The van der Waals surface area contributed by atoms with Crippen molar-refractivity contribution in [1.82, 2.24) is 9.80 Å². The first-order valence-electron chi connectivity index (χ1n) is 8.66. The van der Waals surface area contributed by atoms with Crippen LogP contribution in [0.2, 0.25) is 0 Å². The largest absolute Gasteiger partial charge is 0.447 e. The molecule has 0 radical (unpaired) electrons. The number of likely N-dealkylation sites (tertiary alicyclic amines) is 1. The number of hydrogen-bond acceptors (Lipinski definition) is 4. The van der Waals surface area contributed by atoms with E-state index in [0.717, 1.165) is 11.1 Å². The third kappa shape index (κ3) is 2.72. The molecule has 2 aliphatic heterocycles. The maximum atomic E-state index is 12.8. The molecule has 0 bridgehead atoms. The zero-order chi connectivity index (χ0) is 18.1. The van der Waals surface area contributed by atoms with Crippen molar-refractivity contribution in [3.8, 4) is 0 Å². The molecular formula is C20H20N2O4. The quantitative estimate of drug-likeness (QED) is 0.835. The summed E-state index contributed by atoms with van der Waals surface area (Å²) in [6, 6.07) is 17.7. The monoisotopic (exact) mass is 352 g/mol. The number of β-lactam (4-membered cyclic amide) rings is 1. The van der Waals surface area contributed by atoms with Crippen molar-refractivity contribution >= 4 is 12.0 Å². The Morgan fingerprint density at radius 1 is 1.00 bits per heavy atom. The molecule has 0 aliphatic carbocycles. The highest BCUT2D eigenvalue weighted by molar-refractivity contribution is 5.93. The summed E-state index contributed by atoms with van der Waals surface area (Å²) in [4.78, 5) is 28.2. The van der Waals surface area contributed by atoms with Crippen molar-refractivity contribution in [3.63, 3.8) is 0 Å². The van der Waals surface area contributed by atoms with Crippen LogP contribution < -0.4 is 0 Å². The molecule has 2 saturated heterocycles. The first kappa shape index (κ1) is 16.6. The molecule has 6 heteroatoms. The Morgan fingerprint density at radius 3 is 2.31 bits per heavy atom. The molecule has 0 spiro atoms. The average Bonchev–Trinajstić information content (AvgIpc) is 3.06. The number of aliphatic hydroxyl groups excluding tert-OH is 1. The number of carbonyl (C=O) groups is 2. The lowest BCUT2D eigenvalue weighted by Gasteiger charge is -2.50. The number of benzene rings is 2. The molecule has 0 saturated carbocycles. The molecule has 2 heterocycles. The Labute approximate surface area is 151 Å². The summed E-state index contributed by atoms with van der Waals surface area (Å²) < 4.78 is 5.22. The van der Waals surface area contributed by atoms with Crippen molar-refractivity contribution in [2.45, 2.75) is 24.7 Å². The minimum atomic E-state index is -0.691. The van der Waals surface area contributed by atoms with Gasteiger partial charge in [-0.1, -0.05) is 60.7 Å². The molecule has 2 amide bonds. The second kappa shape index (κ2) is 6.80. The molecule has 4 rings (SSSR count). The molecule has 6 nitrogen and oxygen atoms in total. The molecule has 2 fully saturated rings. The van der Waals surface area contributed by atoms with Crippen LogP contribution in [0.5, 0.6) is 0 Å². The Kier molecular flexibility index (Phi) is 4.34. The van der Waals surface area contributed by atoms with Gasteiger partial charge in [-0.15, -0.1) is 0 Å². The lowest BCUT2D eigenvalue weighted by atomic mass is 9.91. The van der Waals surface area contributed by atoms with E-state index in [1.54, 1.807) is 4.90 Å². The summed E-state index contributed by atoms with van der Waals surface area (Å²) in [5, 5.41) is 9.85. The smallest absolute Gasteiger partial charge is 0.411 e. The Morgan fingerprint density at radius 2 is 1.65 bits per heavy atom. The molecule has 26 heavy (non-hydrogen) atoms. The van der Waals surface area contributed by atoms with E-state index in [-0.39, 0.29) is 25.2 Å². The molecule has 2 aromatic carbocycles. The van der Waals surface area contributed by atoms with Gasteiger partial charge in [-0.2, -0.15) is 0 Å². The second-order valence-electron chi connectivity index (χ2n) is 6.56. The lowest BCUT2D eigenvalue weighted by Crippen LogP contribution is -2.71. The van der Waals surface area contributed by atoms with Gasteiger partial charge in [0.15, 0.2) is 0 Å². The normalized spacial score (nSPS) is 25.2. The van der Waals surface area contributed by atoms with Gasteiger partial charge >= 0.3 is 6.09 Å². The fraction of sp³-hybridized carbons (Fsp3) is 0.300. The van der Waals surface area contributed by atoms with Crippen LogP contribution in [0.25, 0.3) is 0 Å². The predicted molar refractivity (Wildman–Crippen MR) is 94.0 cm³/mol. The molecular weight excluding hydrogens is 332 g/mol. The van der Waals surface area contributed by atoms with E-state index >= 15 is 0 Å². The maximum absolute atomic E-state index is 12.8. The van der Waals surface area contributed by atoms with Crippen molar-refractivity contribution in [2.75, 3.05) is 13.2 Å².